The Morgan fingerprint density at radius 1 is 1.31 bits per heavy atom. The van der Waals surface area contributed by atoms with Crippen molar-refractivity contribution >= 4 is 5.82 Å². The zero-order valence-corrected chi connectivity index (χ0v) is 9.69. The van der Waals surface area contributed by atoms with Crippen LogP contribution >= 0.6 is 0 Å². The van der Waals surface area contributed by atoms with Crippen LogP contribution in [0.2, 0.25) is 0 Å². The fraction of sp³-hybridized carbons (Fsp3) is 0.667. The fourth-order valence-electron chi connectivity index (χ4n) is 2.79. The minimum atomic E-state index is 0.819. The van der Waals surface area contributed by atoms with Crippen LogP contribution in [0, 0.1) is 11.8 Å². The van der Waals surface area contributed by atoms with Crippen molar-refractivity contribution in [3.05, 3.63) is 18.1 Å². The predicted octanol–water partition coefficient (Wildman–Crippen LogP) is 0.695. The summed E-state index contributed by atoms with van der Waals surface area (Å²) in [7, 11) is 0. The molecule has 1 N–H and O–H groups in total. The summed E-state index contributed by atoms with van der Waals surface area (Å²) < 4.78 is 0. The molecule has 0 aliphatic carbocycles. The van der Waals surface area contributed by atoms with Gasteiger partial charge in [0.15, 0.2) is 0 Å². The van der Waals surface area contributed by atoms with Gasteiger partial charge in [-0.1, -0.05) is 6.92 Å². The van der Waals surface area contributed by atoms with Gasteiger partial charge in [-0.2, -0.15) is 0 Å². The topological polar surface area (TPSA) is 41.0 Å². The third-order valence-electron chi connectivity index (χ3n) is 3.79. The van der Waals surface area contributed by atoms with Crippen LogP contribution in [0.5, 0.6) is 0 Å². The smallest absolute Gasteiger partial charge is 0.132 e. The van der Waals surface area contributed by atoms with Gasteiger partial charge in [0.1, 0.15) is 12.1 Å². The summed E-state index contributed by atoms with van der Waals surface area (Å²) in [5.74, 6) is 2.75. The zero-order valence-electron chi connectivity index (χ0n) is 9.69. The maximum atomic E-state index is 4.39. The number of hydrogen-bond acceptors (Lipinski definition) is 4. The van der Waals surface area contributed by atoms with Crippen LogP contribution in [0.4, 0.5) is 5.82 Å². The Hall–Kier alpha value is -1.16. The van der Waals surface area contributed by atoms with Gasteiger partial charge in [0.05, 0.1) is 0 Å². The highest BCUT2D eigenvalue weighted by molar-refractivity contribution is 5.41. The third-order valence-corrected chi connectivity index (χ3v) is 3.79. The van der Waals surface area contributed by atoms with Crippen LogP contribution in [0.15, 0.2) is 12.4 Å². The summed E-state index contributed by atoms with van der Waals surface area (Å²) in [4.78, 5) is 11.1. The Morgan fingerprint density at radius 3 is 2.75 bits per heavy atom. The molecular weight excluding hydrogens is 200 g/mol. The first kappa shape index (κ1) is 10.0. The number of hydrogen-bond donors (Lipinski definition) is 1. The molecule has 2 fully saturated rings. The van der Waals surface area contributed by atoms with Crippen molar-refractivity contribution in [2.45, 2.75) is 13.3 Å². The molecule has 2 atom stereocenters. The Kier molecular flexibility index (Phi) is 2.52. The summed E-state index contributed by atoms with van der Waals surface area (Å²) in [5.41, 5.74) is 1.14. The van der Waals surface area contributed by atoms with E-state index in [1.165, 1.54) is 13.1 Å². The van der Waals surface area contributed by atoms with E-state index in [0.29, 0.717) is 0 Å². The molecule has 2 unspecified atom stereocenters. The molecule has 16 heavy (non-hydrogen) atoms. The molecule has 3 rings (SSSR count). The molecule has 86 valence electrons. The van der Waals surface area contributed by atoms with Crippen LogP contribution in [0.3, 0.4) is 0 Å². The van der Waals surface area contributed by atoms with Crippen molar-refractivity contribution in [3.63, 3.8) is 0 Å². The molecule has 2 saturated heterocycles. The lowest BCUT2D eigenvalue weighted by atomic mass is 10.0. The van der Waals surface area contributed by atoms with E-state index in [4.69, 9.17) is 0 Å². The first-order chi connectivity index (χ1) is 7.86. The van der Waals surface area contributed by atoms with Crippen molar-refractivity contribution in [3.8, 4) is 0 Å². The average molecular weight is 218 g/mol. The molecule has 2 aliphatic heterocycles. The lowest BCUT2D eigenvalue weighted by molar-refractivity contribution is 0.533. The summed E-state index contributed by atoms with van der Waals surface area (Å²) in [6, 6.07) is 2.13. The number of rotatable bonds is 2. The first-order valence-corrected chi connectivity index (χ1v) is 6.13. The van der Waals surface area contributed by atoms with Gasteiger partial charge >= 0.3 is 0 Å². The molecule has 0 bridgehead atoms. The number of nitrogens with zero attached hydrogens (tertiary/aromatic N) is 3. The van der Waals surface area contributed by atoms with E-state index in [9.17, 15) is 0 Å². The molecule has 0 radical (unpaired) electrons. The quantitative estimate of drug-likeness (QED) is 0.793. The second kappa shape index (κ2) is 4.01. The van der Waals surface area contributed by atoms with Crippen LogP contribution in [0.1, 0.15) is 12.6 Å². The Bertz CT molecular complexity index is 367. The summed E-state index contributed by atoms with van der Waals surface area (Å²) in [6.45, 7) is 6.78. The minimum absolute atomic E-state index is 0.819. The third kappa shape index (κ3) is 1.67. The molecule has 3 heterocycles. The van der Waals surface area contributed by atoms with Gasteiger partial charge in [0.25, 0.3) is 0 Å². The van der Waals surface area contributed by atoms with E-state index < -0.39 is 0 Å². The number of aromatic nitrogens is 2. The monoisotopic (exact) mass is 218 g/mol. The van der Waals surface area contributed by atoms with Crippen molar-refractivity contribution in [2.75, 3.05) is 31.1 Å². The number of aryl methyl sites for hydroxylation is 1. The van der Waals surface area contributed by atoms with E-state index in [1.54, 1.807) is 6.33 Å². The molecule has 1 aromatic rings. The van der Waals surface area contributed by atoms with E-state index in [1.807, 2.05) is 0 Å². The molecule has 4 nitrogen and oxygen atoms in total. The largest absolute Gasteiger partial charge is 0.356 e. The molecule has 4 heteroatoms. The van der Waals surface area contributed by atoms with E-state index in [2.05, 4.69) is 33.2 Å². The Labute approximate surface area is 96.1 Å². The zero-order chi connectivity index (χ0) is 11.0. The second-order valence-electron chi connectivity index (χ2n) is 4.80. The molecule has 0 saturated carbocycles. The molecular formula is C12H18N4. The highest BCUT2D eigenvalue weighted by Gasteiger charge is 2.36. The van der Waals surface area contributed by atoms with Crippen molar-refractivity contribution in [2.24, 2.45) is 11.8 Å². The minimum Gasteiger partial charge on any atom is -0.356 e. The first-order valence-electron chi connectivity index (χ1n) is 6.13. The fourth-order valence-corrected chi connectivity index (χ4v) is 2.79. The molecule has 0 spiro atoms. The lowest BCUT2D eigenvalue weighted by Gasteiger charge is -2.18. The SMILES string of the molecule is CCc1cc(N2CC3CNCC3C2)ncn1. The van der Waals surface area contributed by atoms with Gasteiger partial charge < -0.3 is 10.2 Å². The van der Waals surface area contributed by atoms with Crippen LogP contribution in [0.25, 0.3) is 0 Å². The molecule has 0 amide bonds. The Balaban J connectivity index is 1.78. The highest BCUT2D eigenvalue weighted by Crippen LogP contribution is 2.29. The summed E-state index contributed by atoms with van der Waals surface area (Å²) in [5, 5.41) is 3.46. The second-order valence-corrected chi connectivity index (χ2v) is 4.80. The predicted molar refractivity (Wildman–Crippen MR) is 63.5 cm³/mol. The van der Waals surface area contributed by atoms with Gasteiger partial charge in [-0.05, 0) is 18.3 Å². The molecule has 1 aromatic heterocycles. The molecule has 2 aliphatic rings. The van der Waals surface area contributed by atoms with E-state index >= 15 is 0 Å². The van der Waals surface area contributed by atoms with Gasteiger partial charge in [-0.15, -0.1) is 0 Å². The summed E-state index contributed by atoms with van der Waals surface area (Å²) in [6.07, 6.45) is 2.68. The normalized spacial score (nSPS) is 28.4. The standard InChI is InChI=1S/C12H18N4/c1-2-11-3-12(15-8-14-11)16-6-9-4-13-5-10(9)7-16/h3,8-10,13H,2,4-7H2,1H3. The lowest BCUT2D eigenvalue weighted by Crippen LogP contribution is -2.26. The van der Waals surface area contributed by atoms with Gasteiger partial charge in [-0.3, -0.25) is 0 Å². The molecule has 0 aromatic carbocycles. The van der Waals surface area contributed by atoms with Crippen LogP contribution in [-0.2, 0) is 6.42 Å². The van der Waals surface area contributed by atoms with Gasteiger partial charge in [-0.25, -0.2) is 9.97 Å². The van der Waals surface area contributed by atoms with Crippen LogP contribution in [-0.4, -0.2) is 36.1 Å². The van der Waals surface area contributed by atoms with Crippen molar-refractivity contribution in [1.29, 1.82) is 0 Å². The van der Waals surface area contributed by atoms with Crippen molar-refractivity contribution < 1.29 is 0 Å². The maximum absolute atomic E-state index is 4.39. The van der Waals surface area contributed by atoms with Crippen molar-refractivity contribution in [1.82, 2.24) is 15.3 Å². The average Bonchev–Trinajstić information content (AvgIpc) is 2.89. The summed E-state index contributed by atoms with van der Waals surface area (Å²) >= 11 is 0. The number of fused-ring (bicyclic) bond motifs is 1. The van der Waals surface area contributed by atoms with Gasteiger partial charge in [0.2, 0.25) is 0 Å². The Morgan fingerprint density at radius 2 is 2.06 bits per heavy atom. The number of nitrogens with one attached hydrogen (secondary N) is 1. The van der Waals surface area contributed by atoms with E-state index in [-0.39, 0.29) is 0 Å². The highest BCUT2D eigenvalue weighted by atomic mass is 15.2. The number of anilines is 1. The van der Waals surface area contributed by atoms with Crippen LogP contribution < -0.4 is 10.2 Å². The van der Waals surface area contributed by atoms with Gasteiger partial charge in [0, 0.05) is 37.9 Å². The van der Waals surface area contributed by atoms with E-state index in [0.717, 1.165) is 42.9 Å². The maximum Gasteiger partial charge on any atom is 0.132 e.